The molecule has 3 N–H and O–H groups in total. The van der Waals surface area contributed by atoms with Crippen LogP contribution in [0.4, 0.5) is 21.9 Å². The number of anilines is 3. The number of hydrogen-bond acceptors (Lipinski definition) is 7. The number of nitrogens with zero attached hydrogens (tertiary/aromatic N) is 1. The molecule has 0 spiro atoms. The number of phenolic OH excluding ortho intramolecular Hbond substituents is 1. The van der Waals surface area contributed by atoms with E-state index in [1.54, 1.807) is 49.9 Å². The van der Waals surface area contributed by atoms with Gasteiger partial charge in [-0.25, -0.2) is 4.79 Å². The lowest BCUT2D eigenvalue weighted by Gasteiger charge is -2.19. The summed E-state index contributed by atoms with van der Waals surface area (Å²) < 4.78 is 7.15. The number of rotatable bonds is 5. The van der Waals surface area contributed by atoms with Gasteiger partial charge in [-0.15, -0.1) is 34.3 Å². The number of amides is 3. The molecule has 0 bridgehead atoms. The number of phenols is 1. The summed E-state index contributed by atoms with van der Waals surface area (Å²) in [4.78, 5) is 42.1. The highest BCUT2D eigenvalue weighted by atomic mass is 35.5. The van der Waals surface area contributed by atoms with Crippen molar-refractivity contribution in [3.63, 3.8) is 0 Å². The molecule has 1 atom stereocenters. The van der Waals surface area contributed by atoms with Gasteiger partial charge in [0.2, 0.25) is 0 Å². The van der Waals surface area contributed by atoms with Gasteiger partial charge in [-0.3, -0.25) is 14.9 Å². The number of carbonyl (C=O) groups is 3. The van der Waals surface area contributed by atoms with Crippen LogP contribution in [0.2, 0.25) is 0 Å². The zero-order valence-corrected chi connectivity index (χ0v) is 28.1. The number of aromatic hydroxyl groups is 1. The van der Waals surface area contributed by atoms with Gasteiger partial charge in [0.05, 0.1) is 15.4 Å². The van der Waals surface area contributed by atoms with Crippen molar-refractivity contribution < 1.29 is 24.2 Å². The predicted molar refractivity (Wildman–Crippen MR) is 192 cm³/mol. The summed E-state index contributed by atoms with van der Waals surface area (Å²) >= 11 is 9.11. The minimum atomic E-state index is -0.612. The number of fused-ring (bicyclic) bond motifs is 5. The first-order valence-electron chi connectivity index (χ1n) is 15.0. The third-order valence-electron chi connectivity index (χ3n) is 7.95. The number of hydrogen-bond donors (Lipinski definition) is 3. The van der Waals surface area contributed by atoms with Crippen molar-refractivity contribution in [2.45, 2.75) is 32.3 Å². The van der Waals surface area contributed by atoms with E-state index in [2.05, 4.69) is 10.6 Å². The van der Waals surface area contributed by atoms with Gasteiger partial charge in [0.25, 0.3) is 11.8 Å². The third-order valence-corrected chi connectivity index (χ3v) is 10.5. The van der Waals surface area contributed by atoms with Gasteiger partial charge in [-0.2, -0.15) is 0 Å². The molecule has 11 heteroatoms. The van der Waals surface area contributed by atoms with Gasteiger partial charge in [-0.1, -0.05) is 24.3 Å². The minimum absolute atomic E-state index is 0.0564. The lowest BCUT2D eigenvalue weighted by atomic mass is 9.95. The molecule has 47 heavy (non-hydrogen) atoms. The van der Waals surface area contributed by atoms with E-state index in [0.29, 0.717) is 39.2 Å². The number of carbonyl (C=O) groups excluding carboxylic acids is 3. The summed E-state index contributed by atoms with van der Waals surface area (Å²) in [6, 6.07) is 23.9. The maximum Gasteiger partial charge on any atom is 0.412 e. The highest BCUT2D eigenvalue weighted by Gasteiger charge is 2.35. The molecular formula is C36H30ClN3O5S2. The number of halogens is 1. The summed E-state index contributed by atoms with van der Waals surface area (Å²) in [6.07, 6.45) is -0.545. The molecule has 0 saturated carbocycles. The van der Waals surface area contributed by atoms with Crippen LogP contribution in [0.15, 0.2) is 78.9 Å². The molecule has 8 nitrogen and oxygen atoms in total. The first kappa shape index (κ1) is 31.0. The van der Waals surface area contributed by atoms with Crippen LogP contribution in [0.3, 0.4) is 0 Å². The summed E-state index contributed by atoms with van der Waals surface area (Å²) in [7, 11) is 0. The fraction of sp³-hybridized carbons (Fsp3) is 0.194. The lowest BCUT2D eigenvalue weighted by Crippen LogP contribution is -2.29. The predicted octanol–water partition coefficient (Wildman–Crippen LogP) is 9.56. The maximum absolute atomic E-state index is 13.9. The van der Waals surface area contributed by atoms with Crippen LogP contribution in [0, 0.1) is 0 Å². The lowest BCUT2D eigenvalue weighted by molar-refractivity contribution is 0.0635. The molecule has 1 aliphatic heterocycles. The molecule has 0 unspecified atom stereocenters. The number of alkyl halides is 1. The van der Waals surface area contributed by atoms with Crippen molar-refractivity contribution in [1.82, 2.24) is 0 Å². The average molecular weight is 684 g/mol. The molecule has 3 heterocycles. The Labute approximate surface area is 283 Å². The summed E-state index contributed by atoms with van der Waals surface area (Å²) in [5.41, 5.74) is 2.22. The fourth-order valence-electron chi connectivity index (χ4n) is 5.95. The summed E-state index contributed by atoms with van der Waals surface area (Å²) in [6.45, 7) is 5.82. The van der Waals surface area contributed by atoms with Crippen molar-refractivity contribution in [2.24, 2.45) is 0 Å². The second-order valence-corrected chi connectivity index (χ2v) is 14.9. The van der Waals surface area contributed by atoms with Gasteiger partial charge in [0, 0.05) is 50.6 Å². The van der Waals surface area contributed by atoms with E-state index >= 15 is 0 Å². The standard InChI is InChI=1S/C36H30ClN3O5S2/c1-36(2,3)45-35(44)39-23-9-11-28-19(13-23)14-30(46-28)33(42)38-22-8-10-29-20(12-22)15-31(47-29)34(43)40-18-21(17-37)32-25-7-5-4-6-24(25)27(41)16-26(32)40/h4-16,21,41H,17-18H2,1-3H3,(H,38,42)(H,39,44)/t21-/m1/s1. The second kappa shape index (κ2) is 11.9. The van der Waals surface area contributed by atoms with Crippen LogP contribution >= 0.6 is 34.3 Å². The smallest absolute Gasteiger partial charge is 0.412 e. The fourth-order valence-corrected chi connectivity index (χ4v) is 8.13. The van der Waals surface area contributed by atoms with Crippen molar-refractivity contribution in [2.75, 3.05) is 28.0 Å². The van der Waals surface area contributed by atoms with E-state index in [4.69, 9.17) is 16.3 Å². The van der Waals surface area contributed by atoms with Crippen LogP contribution in [-0.2, 0) is 4.74 Å². The monoisotopic (exact) mass is 683 g/mol. The van der Waals surface area contributed by atoms with Gasteiger partial charge in [0.1, 0.15) is 11.4 Å². The van der Waals surface area contributed by atoms with Crippen LogP contribution in [0.1, 0.15) is 51.6 Å². The van der Waals surface area contributed by atoms with E-state index < -0.39 is 11.7 Å². The van der Waals surface area contributed by atoms with Crippen LogP contribution < -0.4 is 15.5 Å². The highest BCUT2D eigenvalue weighted by molar-refractivity contribution is 7.21. The molecule has 4 aromatic carbocycles. The first-order valence-corrected chi connectivity index (χ1v) is 17.1. The van der Waals surface area contributed by atoms with E-state index in [1.165, 1.54) is 22.7 Å². The molecular weight excluding hydrogens is 654 g/mol. The molecule has 0 fully saturated rings. The SMILES string of the molecule is CC(C)(C)OC(=O)Nc1ccc2sc(C(=O)Nc3ccc4sc(C(=O)N5C[C@@H](CCl)c6c5cc(O)c5ccccc65)cc4c3)cc2c1. The van der Waals surface area contributed by atoms with Gasteiger partial charge in [0.15, 0.2) is 0 Å². The molecule has 0 aliphatic carbocycles. The second-order valence-electron chi connectivity index (χ2n) is 12.4. The largest absolute Gasteiger partial charge is 0.507 e. The van der Waals surface area contributed by atoms with Crippen molar-refractivity contribution in [1.29, 1.82) is 0 Å². The molecule has 3 amide bonds. The molecule has 0 saturated heterocycles. The Bertz CT molecular complexity index is 2240. The summed E-state index contributed by atoms with van der Waals surface area (Å²) in [5.74, 6) is 0.00248. The highest BCUT2D eigenvalue weighted by Crippen LogP contribution is 2.46. The van der Waals surface area contributed by atoms with E-state index in [9.17, 15) is 19.5 Å². The van der Waals surface area contributed by atoms with Gasteiger partial charge < -0.3 is 20.1 Å². The Morgan fingerprint density at radius 3 is 2.15 bits per heavy atom. The van der Waals surface area contributed by atoms with Crippen LogP contribution in [-0.4, -0.2) is 41.0 Å². The molecule has 0 radical (unpaired) electrons. The Morgan fingerprint density at radius 2 is 1.49 bits per heavy atom. The Hall–Kier alpha value is -4.64. The summed E-state index contributed by atoms with van der Waals surface area (Å²) in [5, 5.41) is 19.8. The average Bonchev–Trinajstić information content (AvgIpc) is 3.74. The molecule has 1 aliphatic rings. The maximum atomic E-state index is 13.9. The van der Waals surface area contributed by atoms with E-state index in [-0.39, 0.29) is 23.5 Å². The zero-order chi connectivity index (χ0) is 33.0. The zero-order valence-electron chi connectivity index (χ0n) is 25.7. The van der Waals surface area contributed by atoms with E-state index in [0.717, 1.165) is 36.5 Å². The van der Waals surface area contributed by atoms with E-state index in [1.807, 2.05) is 54.6 Å². The third kappa shape index (κ3) is 6.00. The van der Waals surface area contributed by atoms with Crippen molar-refractivity contribution >= 4 is 100 Å². The molecule has 2 aromatic heterocycles. The van der Waals surface area contributed by atoms with Crippen LogP contribution in [0.5, 0.6) is 5.75 Å². The Balaban J connectivity index is 1.10. The molecule has 7 rings (SSSR count). The number of benzene rings is 4. The molecule has 6 aromatic rings. The topological polar surface area (TPSA) is 108 Å². The Kier molecular flexibility index (Phi) is 7.82. The van der Waals surface area contributed by atoms with Gasteiger partial charge in [-0.05, 0) is 91.0 Å². The number of ether oxygens (including phenoxy) is 1. The van der Waals surface area contributed by atoms with Crippen LogP contribution in [0.25, 0.3) is 30.9 Å². The Morgan fingerprint density at radius 1 is 0.872 bits per heavy atom. The first-order chi connectivity index (χ1) is 22.5. The van der Waals surface area contributed by atoms with Crippen molar-refractivity contribution in [3.05, 3.63) is 94.2 Å². The van der Waals surface area contributed by atoms with Crippen molar-refractivity contribution in [3.8, 4) is 5.75 Å². The number of nitrogens with one attached hydrogen (secondary N) is 2. The molecule has 238 valence electrons. The minimum Gasteiger partial charge on any atom is -0.507 e. The normalized spacial score (nSPS) is 14.5. The quantitative estimate of drug-likeness (QED) is 0.157. The van der Waals surface area contributed by atoms with Gasteiger partial charge >= 0.3 is 6.09 Å². The number of thiophene rings is 2.